The Bertz CT molecular complexity index is 456. The van der Waals surface area contributed by atoms with Gasteiger partial charge in [-0.05, 0) is 42.9 Å². The lowest BCUT2D eigenvalue weighted by atomic mass is 9.73. The van der Waals surface area contributed by atoms with Crippen LogP contribution in [-0.2, 0) is 11.2 Å². The van der Waals surface area contributed by atoms with Crippen LogP contribution in [0, 0.1) is 11.3 Å². The number of ketones is 1. The van der Waals surface area contributed by atoms with Crippen LogP contribution in [0.2, 0.25) is 0 Å². The number of Topliss-reactive ketones (excluding diaryl/α,β-unsaturated/α-hetero) is 1. The van der Waals surface area contributed by atoms with Crippen molar-refractivity contribution >= 4 is 5.78 Å². The fourth-order valence-corrected chi connectivity index (χ4v) is 3.59. The zero-order chi connectivity index (χ0) is 14.6. The third-order valence-corrected chi connectivity index (χ3v) is 4.45. The Morgan fingerprint density at radius 1 is 1.30 bits per heavy atom. The molecule has 0 atom stereocenters. The van der Waals surface area contributed by atoms with Gasteiger partial charge >= 0.3 is 0 Å². The summed E-state index contributed by atoms with van der Waals surface area (Å²) in [5, 5.41) is 0. The summed E-state index contributed by atoms with van der Waals surface area (Å²) < 4.78 is 5.24. The molecule has 0 aliphatic heterocycles. The van der Waals surface area contributed by atoms with Crippen LogP contribution >= 0.6 is 0 Å². The normalized spacial score (nSPS) is 17.4. The molecule has 0 N–H and O–H groups in total. The number of carbonyl (C=O) groups is 1. The van der Waals surface area contributed by atoms with Crippen LogP contribution in [-0.4, -0.2) is 12.9 Å². The highest BCUT2D eigenvalue weighted by molar-refractivity contribution is 5.87. The van der Waals surface area contributed by atoms with Crippen molar-refractivity contribution < 1.29 is 9.53 Å². The quantitative estimate of drug-likeness (QED) is 0.768. The van der Waals surface area contributed by atoms with Crippen molar-refractivity contribution in [2.45, 2.75) is 52.4 Å². The predicted octanol–water partition coefficient (Wildman–Crippen LogP) is 4.41. The highest BCUT2D eigenvalue weighted by atomic mass is 16.5. The Kier molecular flexibility index (Phi) is 4.85. The summed E-state index contributed by atoms with van der Waals surface area (Å²) in [6.07, 6.45) is 6.15. The minimum atomic E-state index is -0.0583. The highest BCUT2D eigenvalue weighted by Crippen LogP contribution is 2.44. The molecule has 110 valence electrons. The van der Waals surface area contributed by atoms with Crippen molar-refractivity contribution in [1.29, 1.82) is 0 Å². The maximum atomic E-state index is 12.8. The van der Waals surface area contributed by atoms with E-state index < -0.39 is 0 Å². The van der Waals surface area contributed by atoms with Gasteiger partial charge in [0.15, 0.2) is 0 Å². The molecular weight excluding hydrogens is 248 g/mol. The first-order valence-corrected chi connectivity index (χ1v) is 7.72. The molecule has 0 spiro atoms. The molecule has 2 nitrogen and oxygen atoms in total. The van der Waals surface area contributed by atoms with E-state index in [1.165, 1.54) is 12.8 Å². The van der Waals surface area contributed by atoms with E-state index in [9.17, 15) is 4.79 Å². The molecule has 1 fully saturated rings. The van der Waals surface area contributed by atoms with Gasteiger partial charge in [0.05, 0.1) is 7.11 Å². The smallest absolute Gasteiger partial charge is 0.143 e. The van der Waals surface area contributed by atoms with Crippen molar-refractivity contribution in [3.8, 4) is 5.75 Å². The number of ether oxygens (including phenoxy) is 1. The summed E-state index contributed by atoms with van der Waals surface area (Å²) in [4.78, 5) is 12.8. The average Bonchev–Trinajstić information content (AvgIpc) is 2.88. The van der Waals surface area contributed by atoms with Crippen LogP contribution in [0.5, 0.6) is 5.75 Å². The maximum Gasteiger partial charge on any atom is 0.143 e. The molecule has 0 amide bonds. The fraction of sp³-hybridized carbons (Fsp3) is 0.611. The molecule has 0 unspecified atom stereocenters. The standard InChI is InChI=1S/C18H26O2/c1-14(2)13-18(9-4-5-10-18)17(19)12-15-7-6-8-16(11-15)20-3/h6-8,11,14H,4-5,9-10,12-13H2,1-3H3. The first-order chi connectivity index (χ1) is 9.55. The van der Waals surface area contributed by atoms with Crippen molar-refractivity contribution in [2.24, 2.45) is 11.3 Å². The Morgan fingerprint density at radius 2 is 2.00 bits per heavy atom. The summed E-state index contributed by atoms with van der Waals surface area (Å²) in [6.45, 7) is 4.44. The Hall–Kier alpha value is -1.31. The van der Waals surface area contributed by atoms with Gasteiger partial charge in [-0.3, -0.25) is 4.79 Å². The van der Waals surface area contributed by atoms with Crippen LogP contribution < -0.4 is 4.74 Å². The van der Waals surface area contributed by atoms with Gasteiger partial charge in [0.1, 0.15) is 11.5 Å². The van der Waals surface area contributed by atoms with Gasteiger partial charge < -0.3 is 4.74 Å². The topological polar surface area (TPSA) is 26.3 Å². The number of hydrogen-bond acceptors (Lipinski definition) is 2. The second-order valence-electron chi connectivity index (χ2n) is 6.54. The van der Waals surface area contributed by atoms with Crippen LogP contribution in [0.4, 0.5) is 0 Å². The molecule has 1 saturated carbocycles. The van der Waals surface area contributed by atoms with Crippen molar-refractivity contribution in [3.63, 3.8) is 0 Å². The van der Waals surface area contributed by atoms with Gasteiger partial charge in [0, 0.05) is 11.8 Å². The molecule has 0 aromatic heterocycles. The third-order valence-electron chi connectivity index (χ3n) is 4.45. The van der Waals surface area contributed by atoms with Gasteiger partial charge in [0.2, 0.25) is 0 Å². The van der Waals surface area contributed by atoms with Crippen LogP contribution in [0.25, 0.3) is 0 Å². The largest absolute Gasteiger partial charge is 0.497 e. The minimum absolute atomic E-state index is 0.0583. The molecule has 1 aromatic carbocycles. The molecule has 0 saturated heterocycles. The van der Waals surface area contributed by atoms with E-state index in [-0.39, 0.29) is 5.41 Å². The maximum absolute atomic E-state index is 12.8. The van der Waals surface area contributed by atoms with Crippen molar-refractivity contribution in [1.82, 2.24) is 0 Å². The first kappa shape index (κ1) is 15.1. The van der Waals surface area contributed by atoms with E-state index in [2.05, 4.69) is 13.8 Å². The lowest BCUT2D eigenvalue weighted by molar-refractivity contribution is -0.128. The lowest BCUT2D eigenvalue weighted by Crippen LogP contribution is -2.31. The summed E-state index contributed by atoms with van der Waals surface area (Å²) >= 11 is 0. The van der Waals surface area contributed by atoms with Gasteiger partial charge in [-0.1, -0.05) is 38.8 Å². The van der Waals surface area contributed by atoms with E-state index in [0.29, 0.717) is 18.1 Å². The summed E-state index contributed by atoms with van der Waals surface area (Å²) in [6, 6.07) is 7.90. The Labute approximate surface area is 122 Å². The molecule has 0 bridgehead atoms. The van der Waals surface area contributed by atoms with Gasteiger partial charge in [-0.25, -0.2) is 0 Å². The van der Waals surface area contributed by atoms with E-state index in [1.807, 2.05) is 24.3 Å². The van der Waals surface area contributed by atoms with Crippen molar-refractivity contribution in [3.05, 3.63) is 29.8 Å². The number of rotatable bonds is 6. The lowest BCUT2D eigenvalue weighted by Gasteiger charge is -2.29. The molecule has 0 heterocycles. The summed E-state index contributed by atoms with van der Waals surface area (Å²) in [5.74, 6) is 1.85. The molecule has 20 heavy (non-hydrogen) atoms. The van der Waals surface area contributed by atoms with Gasteiger partial charge in [0.25, 0.3) is 0 Å². The second kappa shape index (κ2) is 6.43. The number of hydrogen-bond donors (Lipinski definition) is 0. The molecule has 0 radical (unpaired) electrons. The Balaban J connectivity index is 2.12. The van der Waals surface area contributed by atoms with Crippen LogP contribution in [0.15, 0.2) is 24.3 Å². The average molecular weight is 274 g/mol. The van der Waals surface area contributed by atoms with E-state index in [0.717, 1.165) is 30.6 Å². The zero-order valence-corrected chi connectivity index (χ0v) is 12.9. The fourth-order valence-electron chi connectivity index (χ4n) is 3.59. The minimum Gasteiger partial charge on any atom is -0.497 e. The van der Waals surface area contributed by atoms with E-state index >= 15 is 0 Å². The van der Waals surface area contributed by atoms with Crippen molar-refractivity contribution in [2.75, 3.05) is 7.11 Å². The van der Waals surface area contributed by atoms with Crippen LogP contribution in [0.1, 0.15) is 51.5 Å². The molecule has 2 rings (SSSR count). The Morgan fingerprint density at radius 3 is 2.60 bits per heavy atom. The SMILES string of the molecule is COc1cccc(CC(=O)C2(CC(C)C)CCCC2)c1. The number of benzene rings is 1. The molecular formula is C18H26O2. The first-order valence-electron chi connectivity index (χ1n) is 7.72. The number of carbonyl (C=O) groups excluding carboxylic acids is 1. The molecule has 1 aromatic rings. The van der Waals surface area contributed by atoms with Gasteiger partial charge in [-0.2, -0.15) is 0 Å². The third kappa shape index (κ3) is 3.41. The second-order valence-corrected chi connectivity index (χ2v) is 6.54. The highest BCUT2D eigenvalue weighted by Gasteiger charge is 2.40. The van der Waals surface area contributed by atoms with Crippen LogP contribution in [0.3, 0.4) is 0 Å². The summed E-state index contributed by atoms with van der Waals surface area (Å²) in [5.41, 5.74) is 1.02. The van der Waals surface area contributed by atoms with Gasteiger partial charge in [-0.15, -0.1) is 0 Å². The zero-order valence-electron chi connectivity index (χ0n) is 12.9. The number of methoxy groups -OCH3 is 1. The van der Waals surface area contributed by atoms with E-state index in [4.69, 9.17) is 4.74 Å². The molecule has 1 aliphatic rings. The summed E-state index contributed by atoms with van der Waals surface area (Å²) in [7, 11) is 1.66. The molecule has 1 aliphatic carbocycles. The van der Waals surface area contributed by atoms with E-state index in [1.54, 1.807) is 7.11 Å². The predicted molar refractivity (Wildman–Crippen MR) is 82.1 cm³/mol. The monoisotopic (exact) mass is 274 g/mol. The molecule has 2 heteroatoms.